The van der Waals surface area contributed by atoms with Crippen molar-refractivity contribution in [3.05, 3.63) is 56.3 Å². The smallest absolute Gasteiger partial charge is 0.333 e. The van der Waals surface area contributed by atoms with Gasteiger partial charge < -0.3 is 14.8 Å². The molecule has 0 aliphatic carbocycles. The maximum absolute atomic E-state index is 12.8. The summed E-state index contributed by atoms with van der Waals surface area (Å²) in [6, 6.07) is 9.72. The van der Waals surface area contributed by atoms with Gasteiger partial charge in [0, 0.05) is 5.02 Å². The standard InChI is InChI=1S/C21H20ClIN2O4/c1-4-28-18-10-13(8-16(23)19(18)29-12(2)3)9-17-20(26)25(21(27)24-17)15-7-5-6-14(22)11-15/h5-12H,4H2,1-3H3,(H,24,27)/b17-9+. The average molecular weight is 527 g/mol. The summed E-state index contributed by atoms with van der Waals surface area (Å²) in [6.45, 7) is 6.25. The van der Waals surface area contributed by atoms with Crippen molar-refractivity contribution in [1.29, 1.82) is 0 Å². The Bertz CT molecular complexity index is 991. The average Bonchev–Trinajstić information content (AvgIpc) is 2.91. The number of rotatable bonds is 6. The number of hydrogen-bond donors (Lipinski definition) is 1. The van der Waals surface area contributed by atoms with E-state index < -0.39 is 11.9 Å². The molecule has 0 unspecified atom stereocenters. The van der Waals surface area contributed by atoms with Crippen molar-refractivity contribution in [3.63, 3.8) is 0 Å². The lowest BCUT2D eigenvalue weighted by atomic mass is 10.1. The van der Waals surface area contributed by atoms with E-state index in [0.29, 0.717) is 34.4 Å². The summed E-state index contributed by atoms with van der Waals surface area (Å²) in [7, 11) is 0. The number of halogens is 2. The molecule has 2 aromatic rings. The molecule has 29 heavy (non-hydrogen) atoms. The molecule has 1 saturated heterocycles. The molecule has 0 bridgehead atoms. The zero-order chi connectivity index (χ0) is 21.1. The number of anilines is 1. The van der Waals surface area contributed by atoms with E-state index in [2.05, 4.69) is 27.9 Å². The van der Waals surface area contributed by atoms with Crippen molar-refractivity contribution in [1.82, 2.24) is 5.32 Å². The largest absolute Gasteiger partial charge is 0.490 e. The highest BCUT2D eigenvalue weighted by Crippen LogP contribution is 2.36. The van der Waals surface area contributed by atoms with Crippen LogP contribution in [0.4, 0.5) is 10.5 Å². The van der Waals surface area contributed by atoms with Gasteiger partial charge in [0.05, 0.1) is 22.0 Å². The Hall–Kier alpha value is -2.26. The zero-order valence-electron chi connectivity index (χ0n) is 16.2. The molecule has 0 saturated carbocycles. The number of urea groups is 1. The van der Waals surface area contributed by atoms with Gasteiger partial charge in [0.2, 0.25) is 0 Å². The van der Waals surface area contributed by atoms with Crippen LogP contribution in [-0.2, 0) is 4.79 Å². The number of imide groups is 1. The molecule has 0 radical (unpaired) electrons. The van der Waals surface area contributed by atoms with E-state index in [1.54, 1.807) is 36.4 Å². The van der Waals surface area contributed by atoms with E-state index >= 15 is 0 Å². The lowest BCUT2D eigenvalue weighted by Gasteiger charge is -2.17. The number of amides is 3. The maximum Gasteiger partial charge on any atom is 0.333 e. The molecule has 1 aliphatic heterocycles. The zero-order valence-corrected chi connectivity index (χ0v) is 19.1. The summed E-state index contributed by atoms with van der Waals surface area (Å²) in [5.74, 6) is 0.795. The monoisotopic (exact) mass is 526 g/mol. The SMILES string of the molecule is CCOc1cc(/C=C2/NC(=O)N(c3cccc(Cl)c3)C2=O)cc(I)c1OC(C)C. The lowest BCUT2D eigenvalue weighted by molar-refractivity contribution is -0.113. The highest BCUT2D eigenvalue weighted by atomic mass is 127. The van der Waals surface area contributed by atoms with Crippen molar-refractivity contribution in [2.24, 2.45) is 0 Å². The highest BCUT2D eigenvalue weighted by Gasteiger charge is 2.35. The molecule has 3 amide bonds. The maximum atomic E-state index is 12.8. The molecular weight excluding hydrogens is 507 g/mol. The summed E-state index contributed by atoms with van der Waals surface area (Å²) in [6.07, 6.45) is 1.61. The molecule has 0 atom stereocenters. The molecule has 0 aromatic heterocycles. The number of benzene rings is 2. The normalized spacial score (nSPS) is 15.2. The minimum Gasteiger partial charge on any atom is -0.490 e. The van der Waals surface area contributed by atoms with Crippen LogP contribution in [0, 0.1) is 3.57 Å². The predicted octanol–water partition coefficient (Wildman–Crippen LogP) is 5.23. The molecule has 6 nitrogen and oxygen atoms in total. The fourth-order valence-corrected chi connectivity index (χ4v) is 3.77. The minimum atomic E-state index is -0.525. The fraction of sp³-hybridized carbons (Fsp3) is 0.238. The molecule has 1 N–H and O–H groups in total. The molecule has 2 aromatic carbocycles. The van der Waals surface area contributed by atoms with Gasteiger partial charge in [-0.2, -0.15) is 0 Å². The van der Waals surface area contributed by atoms with Gasteiger partial charge in [-0.3, -0.25) is 4.79 Å². The van der Waals surface area contributed by atoms with Gasteiger partial charge >= 0.3 is 6.03 Å². The van der Waals surface area contributed by atoms with Crippen molar-refractivity contribution >= 4 is 57.9 Å². The van der Waals surface area contributed by atoms with E-state index in [9.17, 15) is 9.59 Å². The van der Waals surface area contributed by atoms with Crippen LogP contribution < -0.4 is 19.7 Å². The second-order valence-electron chi connectivity index (χ2n) is 6.54. The molecule has 152 valence electrons. The van der Waals surface area contributed by atoms with Gasteiger partial charge in [-0.05, 0) is 85.3 Å². The minimum absolute atomic E-state index is 0.00567. The van der Waals surface area contributed by atoms with Gasteiger partial charge in [-0.1, -0.05) is 17.7 Å². The number of nitrogens with zero attached hydrogens (tertiary/aromatic N) is 1. The fourth-order valence-electron chi connectivity index (χ4n) is 2.84. The van der Waals surface area contributed by atoms with Crippen LogP contribution in [0.25, 0.3) is 6.08 Å². The number of carbonyl (C=O) groups is 2. The Morgan fingerprint density at radius 1 is 1.24 bits per heavy atom. The van der Waals surface area contributed by atoms with Crippen LogP contribution >= 0.6 is 34.2 Å². The van der Waals surface area contributed by atoms with E-state index in [0.717, 1.165) is 8.47 Å². The Kier molecular flexibility index (Phi) is 6.69. The number of hydrogen-bond acceptors (Lipinski definition) is 4. The molecule has 1 heterocycles. The quantitative estimate of drug-likeness (QED) is 0.318. The van der Waals surface area contributed by atoms with Crippen LogP contribution in [0.2, 0.25) is 5.02 Å². The van der Waals surface area contributed by atoms with Gasteiger partial charge in [-0.15, -0.1) is 0 Å². The van der Waals surface area contributed by atoms with E-state index in [1.807, 2.05) is 26.8 Å². The second-order valence-corrected chi connectivity index (χ2v) is 8.14. The third kappa shape index (κ3) is 4.84. The van der Waals surface area contributed by atoms with Crippen molar-refractivity contribution in [3.8, 4) is 11.5 Å². The van der Waals surface area contributed by atoms with Crippen LogP contribution in [0.3, 0.4) is 0 Å². The Morgan fingerprint density at radius 2 is 2.00 bits per heavy atom. The second kappa shape index (κ2) is 9.04. The predicted molar refractivity (Wildman–Crippen MR) is 122 cm³/mol. The van der Waals surface area contributed by atoms with Gasteiger partial charge in [0.15, 0.2) is 11.5 Å². The number of carbonyl (C=O) groups excluding carboxylic acids is 2. The highest BCUT2D eigenvalue weighted by molar-refractivity contribution is 14.1. The summed E-state index contributed by atoms with van der Waals surface area (Å²) in [5.41, 5.74) is 1.30. The third-order valence-corrected chi connectivity index (χ3v) is 4.98. The molecule has 1 aliphatic rings. The van der Waals surface area contributed by atoms with Gasteiger partial charge in [-0.25, -0.2) is 9.69 Å². The Balaban J connectivity index is 1.95. The van der Waals surface area contributed by atoms with Gasteiger partial charge in [0.25, 0.3) is 5.91 Å². The molecule has 1 fully saturated rings. The van der Waals surface area contributed by atoms with E-state index in [4.69, 9.17) is 21.1 Å². The Morgan fingerprint density at radius 3 is 2.66 bits per heavy atom. The van der Waals surface area contributed by atoms with Crippen LogP contribution in [0.1, 0.15) is 26.3 Å². The Labute approximate surface area is 188 Å². The van der Waals surface area contributed by atoms with Crippen molar-refractivity contribution in [2.75, 3.05) is 11.5 Å². The number of ether oxygens (including phenoxy) is 2. The molecule has 8 heteroatoms. The lowest BCUT2D eigenvalue weighted by Crippen LogP contribution is -2.30. The van der Waals surface area contributed by atoms with Crippen LogP contribution in [-0.4, -0.2) is 24.6 Å². The summed E-state index contributed by atoms with van der Waals surface area (Å²) < 4.78 is 12.4. The molecule has 0 spiro atoms. The first kappa shape index (κ1) is 21.4. The summed E-state index contributed by atoms with van der Waals surface area (Å²) >= 11 is 8.16. The van der Waals surface area contributed by atoms with Gasteiger partial charge in [0.1, 0.15) is 5.70 Å². The van der Waals surface area contributed by atoms with E-state index in [-0.39, 0.29) is 11.8 Å². The van der Waals surface area contributed by atoms with Crippen LogP contribution in [0.15, 0.2) is 42.1 Å². The topological polar surface area (TPSA) is 67.9 Å². The van der Waals surface area contributed by atoms with E-state index in [1.165, 1.54) is 0 Å². The first-order chi connectivity index (χ1) is 13.8. The summed E-state index contributed by atoms with van der Waals surface area (Å²) in [5, 5.41) is 3.06. The summed E-state index contributed by atoms with van der Waals surface area (Å²) in [4.78, 5) is 26.2. The van der Waals surface area contributed by atoms with Crippen molar-refractivity contribution < 1.29 is 19.1 Å². The first-order valence-corrected chi connectivity index (χ1v) is 10.5. The molecule has 3 rings (SSSR count). The molecular formula is C21H20ClIN2O4. The van der Waals surface area contributed by atoms with Crippen molar-refractivity contribution in [2.45, 2.75) is 26.9 Å². The van der Waals surface area contributed by atoms with Crippen LogP contribution in [0.5, 0.6) is 11.5 Å². The first-order valence-electron chi connectivity index (χ1n) is 9.05. The number of nitrogens with one attached hydrogen (secondary N) is 1. The third-order valence-electron chi connectivity index (χ3n) is 3.94.